The second-order valence-corrected chi connectivity index (χ2v) is 5.43. The molecule has 2 nitrogen and oxygen atoms in total. The summed E-state index contributed by atoms with van der Waals surface area (Å²) in [6.07, 6.45) is 4.26. The normalized spacial score (nSPS) is 34.1. The van der Waals surface area contributed by atoms with Gasteiger partial charge in [-0.15, -0.1) is 0 Å². The van der Waals surface area contributed by atoms with Gasteiger partial charge in [0.2, 0.25) is 5.91 Å². The summed E-state index contributed by atoms with van der Waals surface area (Å²) in [6, 6.07) is 0. The SMILES string of the molecule is CC(C)(C)C12CCCN1C(=O)CC2. The first-order valence-electron chi connectivity index (χ1n) is 5.28. The highest BCUT2D eigenvalue weighted by molar-refractivity contribution is 5.80. The van der Waals surface area contributed by atoms with Gasteiger partial charge >= 0.3 is 0 Å². The minimum absolute atomic E-state index is 0.198. The largest absolute Gasteiger partial charge is 0.336 e. The van der Waals surface area contributed by atoms with Gasteiger partial charge in [0, 0.05) is 18.5 Å². The van der Waals surface area contributed by atoms with Crippen LogP contribution < -0.4 is 0 Å². The lowest BCUT2D eigenvalue weighted by atomic mass is 9.71. The summed E-state index contributed by atoms with van der Waals surface area (Å²) in [6.45, 7) is 7.80. The van der Waals surface area contributed by atoms with E-state index in [2.05, 4.69) is 25.7 Å². The monoisotopic (exact) mass is 181 g/mol. The van der Waals surface area contributed by atoms with Gasteiger partial charge in [0.15, 0.2) is 0 Å². The van der Waals surface area contributed by atoms with Crippen LogP contribution in [0.2, 0.25) is 0 Å². The number of nitrogens with zero attached hydrogens (tertiary/aromatic N) is 1. The van der Waals surface area contributed by atoms with Crippen LogP contribution in [0.4, 0.5) is 0 Å². The molecule has 74 valence electrons. The second-order valence-electron chi connectivity index (χ2n) is 5.43. The molecule has 0 aromatic heterocycles. The van der Waals surface area contributed by atoms with E-state index in [1.54, 1.807) is 0 Å². The number of carbonyl (C=O) groups excluding carboxylic acids is 1. The van der Waals surface area contributed by atoms with Crippen molar-refractivity contribution in [2.45, 2.75) is 52.0 Å². The molecule has 2 fully saturated rings. The molecule has 1 unspecified atom stereocenters. The van der Waals surface area contributed by atoms with Gasteiger partial charge < -0.3 is 4.90 Å². The molecule has 0 N–H and O–H groups in total. The Bertz CT molecular complexity index is 241. The van der Waals surface area contributed by atoms with E-state index >= 15 is 0 Å². The average molecular weight is 181 g/mol. The van der Waals surface area contributed by atoms with Crippen LogP contribution >= 0.6 is 0 Å². The Kier molecular flexibility index (Phi) is 1.73. The molecule has 0 aromatic rings. The van der Waals surface area contributed by atoms with Crippen LogP contribution in [0.15, 0.2) is 0 Å². The molecule has 2 rings (SSSR count). The third-order valence-corrected chi connectivity index (χ3v) is 3.94. The number of hydrogen-bond acceptors (Lipinski definition) is 1. The highest BCUT2D eigenvalue weighted by atomic mass is 16.2. The molecule has 0 saturated carbocycles. The molecule has 13 heavy (non-hydrogen) atoms. The Hall–Kier alpha value is -0.530. The Morgan fingerprint density at radius 1 is 1.31 bits per heavy atom. The molecule has 0 aromatic carbocycles. The van der Waals surface area contributed by atoms with Gasteiger partial charge in [-0.05, 0) is 24.7 Å². The lowest BCUT2D eigenvalue weighted by Crippen LogP contribution is -2.50. The van der Waals surface area contributed by atoms with Crippen LogP contribution in [0, 0.1) is 5.41 Å². The molecular formula is C11H19NO. The number of rotatable bonds is 0. The minimum atomic E-state index is 0.198. The molecule has 2 saturated heterocycles. The Labute approximate surface area is 80.3 Å². The van der Waals surface area contributed by atoms with Crippen molar-refractivity contribution in [3.8, 4) is 0 Å². The summed E-state index contributed by atoms with van der Waals surface area (Å²) < 4.78 is 0. The summed E-state index contributed by atoms with van der Waals surface area (Å²) in [7, 11) is 0. The summed E-state index contributed by atoms with van der Waals surface area (Å²) in [5.74, 6) is 0.382. The maximum Gasteiger partial charge on any atom is 0.223 e. The van der Waals surface area contributed by atoms with E-state index in [0.29, 0.717) is 5.91 Å². The van der Waals surface area contributed by atoms with Crippen molar-refractivity contribution in [1.82, 2.24) is 4.90 Å². The third kappa shape index (κ3) is 1.04. The standard InChI is InChI=1S/C11H19NO/c1-10(2,3)11-6-4-8-12(11)9(13)5-7-11/h4-8H2,1-3H3. The summed E-state index contributed by atoms with van der Waals surface area (Å²) >= 11 is 0. The van der Waals surface area contributed by atoms with Gasteiger partial charge in [-0.2, -0.15) is 0 Å². The molecule has 0 bridgehead atoms. The third-order valence-electron chi connectivity index (χ3n) is 3.94. The van der Waals surface area contributed by atoms with E-state index in [1.807, 2.05) is 0 Å². The Balaban J connectivity index is 2.36. The van der Waals surface area contributed by atoms with Crippen LogP contribution in [0.25, 0.3) is 0 Å². The molecule has 2 aliphatic heterocycles. The summed E-state index contributed by atoms with van der Waals surface area (Å²) in [4.78, 5) is 13.8. The lowest BCUT2D eigenvalue weighted by Gasteiger charge is -2.44. The maximum absolute atomic E-state index is 11.6. The zero-order valence-corrected chi connectivity index (χ0v) is 8.89. The highest BCUT2D eigenvalue weighted by Crippen LogP contribution is 2.50. The molecule has 2 aliphatic rings. The van der Waals surface area contributed by atoms with Gasteiger partial charge in [-0.25, -0.2) is 0 Å². The van der Waals surface area contributed by atoms with Crippen molar-refractivity contribution >= 4 is 5.91 Å². The number of carbonyl (C=O) groups is 1. The van der Waals surface area contributed by atoms with Crippen LogP contribution in [0.5, 0.6) is 0 Å². The van der Waals surface area contributed by atoms with E-state index in [4.69, 9.17) is 0 Å². The second kappa shape index (κ2) is 2.49. The van der Waals surface area contributed by atoms with E-state index < -0.39 is 0 Å². The quantitative estimate of drug-likeness (QED) is 0.561. The first kappa shape index (κ1) is 9.04. The van der Waals surface area contributed by atoms with Crippen molar-refractivity contribution in [1.29, 1.82) is 0 Å². The average Bonchev–Trinajstić information content (AvgIpc) is 2.51. The van der Waals surface area contributed by atoms with E-state index in [9.17, 15) is 4.79 Å². The van der Waals surface area contributed by atoms with Crippen molar-refractivity contribution in [3.63, 3.8) is 0 Å². The predicted molar refractivity (Wildman–Crippen MR) is 52.4 cm³/mol. The molecule has 2 heteroatoms. The van der Waals surface area contributed by atoms with Crippen molar-refractivity contribution in [2.24, 2.45) is 5.41 Å². The van der Waals surface area contributed by atoms with Crippen LogP contribution in [0.1, 0.15) is 46.5 Å². The van der Waals surface area contributed by atoms with Crippen LogP contribution in [0.3, 0.4) is 0 Å². The van der Waals surface area contributed by atoms with Crippen molar-refractivity contribution in [2.75, 3.05) is 6.54 Å². The van der Waals surface area contributed by atoms with Crippen molar-refractivity contribution < 1.29 is 4.79 Å². The molecule has 0 radical (unpaired) electrons. The molecule has 1 amide bonds. The molecule has 0 aliphatic carbocycles. The minimum Gasteiger partial charge on any atom is -0.336 e. The maximum atomic E-state index is 11.6. The first-order valence-corrected chi connectivity index (χ1v) is 5.28. The highest BCUT2D eigenvalue weighted by Gasteiger charge is 2.54. The lowest BCUT2D eigenvalue weighted by molar-refractivity contribution is -0.131. The van der Waals surface area contributed by atoms with Crippen LogP contribution in [-0.2, 0) is 4.79 Å². The zero-order valence-electron chi connectivity index (χ0n) is 8.89. The molecular weight excluding hydrogens is 162 g/mol. The van der Waals surface area contributed by atoms with Gasteiger partial charge in [0.1, 0.15) is 0 Å². The summed E-state index contributed by atoms with van der Waals surface area (Å²) in [5, 5.41) is 0. The Morgan fingerprint density at radius 3 is 2.54 bits per heavy atom. The molecule has 2 heterocycles. The van der Waals surface area contributed by atoms with E-state index in [1.165, 1.54) is 12.8 Å². The fourth-order valence-corrected chi connectivity index (χ4v) is 3.11. The summed E-state index contributed by atoms with van der Waals surface area (Å²) in [5.41, 5.74) is 0.444. The topological polar surface area (TPSA) is 20.3 Å². The zero-order chi connectivity index (χ0) is 9.69. The Morgan fingerprint density at radius 2 is 2.00 bits per heavy atom. The fraction of sp³-hybridized carbons (Fsp3) is 0.909. The van der Waals surface area contributed by atoms with Crippen LogP contribution in [-0.4, -0.2) is 22.9 Å². The number of amides is 1. The van der Waals surface area contributed by atoms with Gasteiger partial charge in [-0.1, -0.05) is 20.8 Å². The molecule has 0 spiro atoms. The van der Waals surface area contributed by atoms with Gasteiger partial charge in [-0.3, -0.25) is 4.79 Å². The first-order chi connectivity index (χ1) is 5.97. The van der Waals surface area contributed by atoms with Gasteiger partial charge in [0.25, 0.3) is 0 Å². The smallest absolute Gasteiger partial charge is 0.223 e. The van der Waals surface area contributed by atoms with E-state index in [0.717, 1.165) is 19.4 Å². The van der Waals surface area contributed by atoms with E-state index in [-0.39, 0.29) is 11.0 Å². The number of fused-ring (bicyclic) bond motifs is 1. The number of hydrogen-bond donors (Lipinski definition) is 0. The fourth-order valence-electron chi connectivity index (χ4n) is 3.11. The van der Waals surface area contributed by atoms with Gasteiger partial charge in [0.05, 0.1) is 0 Å². The van der Waals surface area contributed by atoms with Crippen molar-refractivity contribution in [3.05, 3.63) is 0 Å². The predicted octanol–water partition coefficient (Wildman–Crippen LogP) is 2.19. The molecule has 1 atom stereocenters.